The van der Waals surface area contributed by atoms with Crippen LogP contribution in [-0.4, -0.2) is 20.9 Å². The van der Waals surface area contributed by atoms with Gasteiger partial charge in [-0.15, -0.1) is 0 Å². The van der Waals surface area contributed by atoms with Gasteiger partial charge < -0.3 is 4.74 Å². The number of rotatable bonds is 7. The number of esters is 1. The molecule has 0 fully saturated rings. The van der Waals surface area contributed by atoms with E-state index in [-0.39, 0.29) is 24.5 Å². The van der Waals surface area contributed by atoms with Crippen molar-refractivity contribution in [2.75, 3.05) is 6.54 Å². The summed E-state index contributed by atoms with van der Waals surface area (Å²) in [4.78, 5) is 11.9. The first-order valence-electron chi connectivity index (χ1n) is 7.33. The standard InChI is InChI=1S/C17H18BrNO4S/c1-13-2-8-16(9-3-13)24(21,22)19-11-10-17(20)23-12-14-4-6-15(18)7-5-14/h2-9,19H,10-12H2,1H3. The fraction of sp³-hybridized carbons (Fsp3) is 0.235. The molecule has 0 radical (unpaired) electrons. The number of halogens is 1. The first kappa shape index (κ1) is 18.6. The fourth-order valence-corrected chi connectivity index (χ4v) is 3.20. The molecule has 2 rings (SSSR count). The van der Waals surface area contributed by atoms with Gasteiger partial charge in [0.1, 0.15) is 6.61 Å². The Morgan fingerprint density at radius 3 is 2.33 bits per heavy atom. The predicted molar refractivity (Wildman–Crippen MR) is 94.9 cm³/mol. The van der Waals surface area contributed by atoms with Gasteiger partial charge >= 0.3 is 5.97 Å². The molecule has 2 aromatic rings. The SMILES string of the molecule is Cc1ccc(S(=O)(=O)NCCC(=O)OCc2ccc(Br)cc2)cc1. The van der Waals surface area contributed by atoms with Gasteiger partial charge in [0.25, 0.3) is 0 Å². The van der Waals surface area contributed by atoms with E-state index in [2.05, 4.69) is 20.7 Å². The van der Waals surface area contributed by atoms with Crippen molar-refractivity contribution in [1.82, 2.24) is 4.72 Å². The summed E-state index contributed by atoms with van der Waals surface area (Å²) in [5.74, 6) is -0.454. The molecule has 0 amide bonds. The molecule has 7 heteroatoms. The minimum Gasteiger partial charge on any atom is -0.461 e. The number of hydrogen-bond acceptors (Lipinski definition) is 4. The maximum atomic E-state index is 12.1. The van der Waals surface area contributed by atoms with Gasteiger partial charge in [0.2, 0.25) is 10.0 Å². The van der Waals surface area contributed by atoms with Crippen LogP contribution in [0.4, 0.5) is 0 Å². The molecule has 1 N–H and O–H groups in total. The van der Waals surface area contributed by atoms with Gasteiger partial charge in [-0.05, 0) is 36.8 Å². The zero-order valence-electron chi connectivity index (χ0n) is 13.2. The van der Waals surface area contributed by atoms with Crippen LogP contribution in [0.15, 0.2) is 57.9 Å². The number of aryl methyl sites for hydroxylation is 1. The summed E-state index contributed by atoms with van der Waals surface area (Å²) < 4.78 is 32.6. The van der Waals surface area contributed by atoms with E-state index in [4.69, 9.17) is 4.74 Å². The lowest BCUT2D eigenvalue weighted by atomic mass is 10.2. The monoisotopic (exact) mass is 411 g/mol. The molecule has 0 spiro atoms. The third-order valence-electron chi connectivity index (χ3n) is 3.27. The minimum atomic E-state index is -3.61. The number of carbonyl (C=O) groups excluding carboxylic acids is 1. The van der Waals surface area contributed by atoms with Gasteiger partial charge in [0, 0.05) is 11.0 Å². The third-order valence-corrected chi connectivity index (χ3v) is 5.27. The van der Waals surface area contributed by atoms with Crippen LogP contribution in [0.2, 0.25) is 0 Å². The van der Waals surface area contributed by atoms with Gasteiger partial charge in [-0.25, -0.2) is 13.1 Å². The van der Waals surface area contributed by atoms with Crippen molar-refractivity contribution >= 4 is 31.9 Å². The Kier molecular flexibility index (Phi) is 6.53. The molecule has 0 saturated heterocycles. The summed E-state index contributed by atoms with van der Waals surface area (Å²) in [6, 6.07) is 13.9. The minimum absolute atomic E-state index is 0.00458. The zero-order valence-corrected chi connectivity index (χ0v) is 15.6. The third kappa shape index (κ3) is 5.74. The summed E-state index contributed by atoms with van der Waals surface area (Å²) >= 11 is 3.33. The summed E-state index contributed by atoms with van der Waals surface area (Å²) in [6.45, 7) is 2.04. The summed E-state index contributed by atoms with van der Waals surface area (Å²) in [7, 11) is -3.61. The fourth-order valence-electron chi connectivity index (χ4n) is 1.90. The summed E-state index contributed by atoms with van der Waals surface area (Å²) in [5.41, 5.74) is 1.84. The normalized spacial score (nSPS) is 11.2. The number of sulfonamides is 1. The molecule has 0 aliphatic carbocycles. The van der Waals surface area contributed by atoms with Crippen LogP contribution < -0.4 is 4.72 Å². The van der Waals surface area contributed by atoms with E-state index in [1.807, 2.05) is 31.2 Å². The summed E-state index contributed by atoms with van der Waals surface area (Å²) in [6.07, 6.45) is -0.0262. The Morgan fingerprint density at radius 1 is 1.08 bits per heavy atom. The Morgan fingerprint density at radius 2 is 1.71 bits per heavy atom. The molecule has 0 saturated carbocycles. The molecule has 2 aromatic carbocycles. The maximum absolute atomic E-state index is 12.1. The van der Waals surface area contributed by atoms with Crippen molar-refractivity contribution < 1.29 is 17.9 Å². The molecule has 0 aliphatic heterocycles. The molecular formula is C17H18BrNO4S. The van der Waals surface area contributed by atoms with Crippen LogP contribution in [0.5, 0.6) is 0 Å². The predicted octanol–water partition coefficient (Wildman–Crippen LogP) is 3.17. The average Bonchev–Trinajstić information content (AvgIpc) is 2.54. The van der Waals surface area contributed by atoms with Gasteiger partial charge in [-0.3, -0.25) is 4.79 Å². The Labute approximate surface area is 150 Å². The maximum Gasteiger partial charge on any atom is 0.307 e. The number of hydrogen-bond donors (Lipinski definition) is 1. The first-order chi connectivity index (χ1) is 11.4. The van der Waals surface area contributed by atoms with E-state index in [0.717, 1.165) is 15.6 Å². The van der Waals surface area contributed by atoms with E-state index < -0.39 is 16.0 Å². The molecule has 0 atom stereocenters. The molecular weight excluding hydrogens is 394 g/mol. The molecule has 0 aliphatic rings. The highest BCUT2D eigenvalue weighted by atomic mass is 79.9. The van der Waals surface area contributed by atoms with Gasteiger partial charge in [0.15, 0.2) is 0 Å². The molecule has 128 valence electrons. The zero-order chi connectivity index (χ0) is 17.6. The van der Waals surface area contributed by atoms with E-state index in [0.29, 0.717) is 0 Å². The second-order valence-corrected chi connectivity index (χ2v) is 7.93. The molecule has 0 heterocycles. The second kappa shape index (κ2) is 8.41. The first-order valence-corrected chi connectivity index (χ1v) is 9.61. The Hall–Kier alpha value is -1.70. The highest BCUT2D eigenvalue weighted by Crippen LogP contribution is 2.12. The van der Waals surface area contributed by atoms with Crippen molar-refractivity contribution in [1.29, 1.82) is 0 Å². The average molecular weight is 412 g/mol. The molecule has 0 aromatic heterocycles. The van der Waals surface area contributed by atoms with Gasteiger partial charge in [0.05, 0.1) is 11.3 Å². The van der Waals surface area contributed by atoms with Crippen LogP contribution in [0.3, 0.4) is 0 Å². The molecule has 0 bridgehead atoms. The lowest BCUT2D eigenvalue weighted by Crippen LogP contribution is -2.26. The second-order valence-electron chi connectivity index (χ2n) is 5.25. The van der Waals surface area contributed by atoms with Crippen molar-refractivity contribution in [3.05, 3.63) is 64.1 Å². The molecule has 5 nitrogen and oxygen atoms in total. The number of benzene rings is 2. The van der Waals surface area contributed by atoms with Crippen molar-refractivity contribution in [3.63, 3.8) is 0 Å². The number of nitrogens with one attached hydrogen (secondary N) is 1. The Balaban J connectivity index is 1.77. The number of carbonyl (C=O) groups is 1. The van der Waals surface area contributed by atoms with Crippen LogP contribution in [0.1, 0.15) is 17.5 Å². The van der Waals surface area contributed by atoms with Crippen molar-refractivity contribution in [2.45, 2.75) is 24.8 Å². The highest BCUT2D eigenvalue weighted by Gasteiger charge is 2.14. The smallest absolute Gasteiger partial charge is 0.307 e. The largest absolute Gasteiger partial charge is 0.461 e. The van der Waals surface area contributed by atoms with Gasteiger partial charge in [-0.2, -0.15) is 0 Å². The highest BCUT2D eigenvalue weighted by molar-refractivity contribution is 9.10. The van der Waals surface area contributed by atoms with E-state index >= 15 is 0 Å². The van der Waals surface area contributed by atoms with Crippen LogP contribution in [0.25, 0.3) is 0 Å². The van der Waals surface area contributed by atoms with Crippen molar-refractivity contribution in [3.8, 4) is 0 Å². The lowest BCUT2D eigenvalue weighted by Gasteiger charge is -2.08. The number of ether oxygens (including phenoxy) is 1. The van der Waals surface area contributed by atoms with E-state index in [1.165, 1.54) is 12.1 Å². The molecule has 0 unspecified atom stereocenters. The topological polar surface area (TPSA) is 72.5 Å². The van der Waals surface area contributed by atoms with Crippen LogP contribution >= 0.6 is 15.9 Å². The van der Waals surface area contributed by atoms with Gasteiger partial charge in [-0.1, -0.05) is 45.8 Å². The van der Waals surface area contributed by atoms with Crippen LogP contribution in [-0.2, 0) is 26.2 Å². The van der Waals surface area contributed by atoms with E-state index in [1.54, 1.807) is 12.1 Å². The van der Waals surface area contributed by atoms with Crippen LogP contribution in [0, 0.1) is 6.92 Å². The molecule has 24 heavy (non-hydrogen) atoms. The summed E-state index contributed by atoms with van der Waals surface area (Å²) in [5, 5.41) is 0. The Bertz CT molecular complexity index is 786. The quantitative estimate of drug-likeness (QED) is 0.710. The van der Waals surface area contributed by atoms with Crippen molar-refractivity contribution in [2.24, 2.45) is 0 Å². The lowest BCUT2D eigenvalue weighted by molar-refractivity contribution is -0.144. The van der Waals surface area contributed by atoms with E-state index in [9.17, 15) is 13.2 Å².